The summed E-state index contributed by atoms with van der Waals surface area (Å²) < 4.78 is 0. The molecule has 1 aromatic rings. The van der Waals surface area contributed by atoms with E-state index in [-0.39, 0.29) is 18.8 Å². The Labute approximate surface area is 102 Å². The van der Waals surface area contributed by atoms with Crippen LogP contribution in [0.25, 0.3) is 0 Å². The Hall–Kier alpha value is -1.95. The minimum atomic E-state index is -0.503. The average molecular weight is 254 g/mol. The summed E-state index contributed by atoms with van der Waals surface area (Å²) in [6.45, 7) is -0.308. The van der Waals surface area contributed by atoms with E-state index in [1.54, 1.807) is 0 Å². The van der Waals surface area contributed by atoms with Crippen LogP contribution in [0.1, 0.15) is 10.5 Å². The van der Waals surface area contributed by atoms with Gasteiger partial charge in [0.05, 0.1) is 0 Å². The largest absolute Gasteiger partial charge is 0.319 e. The summed E-state index contributed by atoms with van der Waals surface area (Å²) in [5.41, 5.74) is 0.111. The van der Waals surface area contributed by atoms with Crippen LogP contribution in [0.4, 0.5) is 0 Å². The van der Waals surface area contributed by atoms with Gasteiger partial charge in [0.15, 0.2) is 0 Å². The van der Waals surface area contributed by atoms with Crippen molar-refractivity contribution in [2.75, 3.05) is 13.1 Å². The summed E-state index contributed by atoms with van der Waals surface area (Å²) in [4.78, 5) is 39.1. The number of aromatic nitrogens is 1. The van der Waals surface area contributed by atoms with Gasteiger partial charge in [0.2, 0.25) is 11.8 Å². The quantitative estimate of drug-likeness (QED) is 0.705. The van der Waals surface area contributed by atoms with Gasteiger partial charge in [-0.2, -0.15) is 0 Å². The molecule has 0 atom stereocenters. The van der Waals surface area contributed by atoms with Gasteiger partial charge in [0, 0.05) is 11.2 Å². The van der Waals surface area contributed by atoms with Crippen LogP contribution in [0, 0.1) is 0 Å². The van der Waals surface area contributed by atoms with Crippen molar-refractivity contribution in [2.24, 2.45) is 0 Å². The van der Waals surface area contributed by atoms with Crippen LogP contribution >= 0.6 is 11.6 Å². The van der Waals surface area contributed by atoms with Gasteiger partial charge in [0.1, 0.15) is 18.8 Å². The molecule has 1 saturated heterocycles. The SMILES string of the molecule is O=C1CN(C(=O)c2cc(Cl)ccn2)CC(=O)N1. The number of nitrogens with one attached hydrogen (secondary N) is 1. The van der Waals surface area contributed by atoms with Gasteiger partial charge in [-0.15, -0.1) is 0 Å². The van der Waals surface area contributed by atoms with Gasteiger partial charge in [-0.3, -0.25) is 24.7 Å². The third kappa shape index (κ3) is 2.59. The molecule has 3 amide bonds. The molecule has 1 aromatic heterocycles. The second kappa shape index (κ2) is 4.50. The number of carbonyl (C=O) groups is 3. The molecule has 2 rings (SSSR count). The van der Waals surface area contributed by atoms with E-state index in [0.717, 1.165) is 4.90 Å². The van der Waals surface area contributed by atoms with Crippen LogP contribution in [0.2, 0.25) is 5.02 Å². The van der Waals surface area contributed by atoms with E-state index in [9.17, 15) is 14.4 Å². The molecular weight excluding hydrogens is 246 g/mol. The molecule has 0 radical (unpaired) electrons. The number of halogens is 1. The van der Waals surface area contributed by atoms with E-state index in [0.29, 0.717) is 5.02 Å². The maximum absolute atomic E-state index is 11.9. The lowest BCUT2D eigenvalue weighted by Gasteiger charge is -2.24. The number of carbonyl (C=O) groups excluding carboxylic acids is 3. The second-order valence-corrected chi connectivity index (χ2v) is 3.93. The Kier molecular flexibility index (Phi) is 3.06. The van der Waals surface area contributed by atoms with Crippen LogP contribution in [-0.2, 0) is 9.59 Å². The van der Waals surface area contributed by atoms with Gasteiger partial charge in [-0.25, -0.2) is 0 Å². The van der Waals surface area contributed by atoms with E-state index in [2.05, 4.69) is 10.3 Å². The van der Waals surface area contributed by atoms with Crippen molar-refractivity contribution in [1.29, 1.82) is 0 Å². The number of amides is 3. The summed E-state index contributed by atoms with van der Waals surface area (Å²) in [5.74, 6) is -1.50. The molecule has 1 N–H and O–H groups in total. The fourth-order valence-corrected chi connectivity index (χ4v) is 1.62. The third-order valence-electron chi connectivity index (χ3n) is 2.18. The zero-order valence-corrected chi connectivity index (χ0v) is 9.40. The first-order valence-electron chi connectivity index (χ1n) is 4.80. The Balaban J connectivity index is 2.20. The van der Waals surface area contributed by atoms with Gasteiger partial charge in [-0.1, -0.05) is 11.6 Å². The van der Waals surface area contributed by atoms with E-state index < -0.39 is 17.7 Å². The number of nitrogens with zero attached hydrogens (tertiary/aromatic N) is 2. The molecule has 1 aliphatic heterocycles. The Bertz CT molecular complexity index is 487. The molecule has 6 nitrogen and oxygen atoms in total. The predicted molar refractivity (Wildman–Crippen MR) is 58.3 cm³/mol. The van der Waals surface area contributed by atoms with Crippen LogP contribution < -0.4 is 5.32 Å². The molecule has 7 heteroatoms. The number of hydrogen-bond acceptors (Lipinski definition) is 4. The zero-order chi connectivity index (χ0) is 12.4. The average Bonchev–Trinajstić information content (AvgIpc) is 2.26. The molecule has 88 valence electrons. The molecule has 1 aliphatic rings. The minimum absolute atomic E-state index is 0.111. The third-order valence-corrected chi connectivity index (χ3v) is 2.41. The van der Waals surface area contributed by atoms with Crippen molar-refractivity contribution >= 4 is 29.3 Å². The molecular formula is C10H8ClN3O3. The highest BCUT2D eigenvalue weighted by Crippen LogP contribution is 2.10. The fraction of sp³-hybridized carbons (Fsp3) is 0.200. The Morgan fingerprint density at radius 3 is 2.59 bits per heavy atom. The zero-order valence-electron chi connectivity index (χ0n) is 8.64. The number of piperazine rings is 1. The first-order chi connectivity index (χ1) is 8.06. The summed E-state index contributed by atoms with van der Waals surface area (Å²) in [6, 6.07) is 2.92. The van der Waals surface area contributed by atoms with Crippen molar-refractivity contribution < 1.29 is 14.4 Å². The highest BCUT2D eigenvalue weighted by molar-refractivity contribution is 6.30. The van der Waals surface area contributed by atoms with Crippen molar-refractivity contribution in [3.63, 3.8) is 0 Å². The fourth-order valence-electron chi connectivity index (χ4n) is 1.46. The first kappa shape index (κ1) is 11.5. The number of rotatable bonds is 1. The normalized spacial score (nSPS) is 15.7. The molecule has 0 aliphatic carbocycles. The van der Waals surface area contributed by atoms with E-state index >= 15 is 0 Å². The van der Waals surface area contributed by atoms with Gasteiger partial charge in [0.25, 0.3) is 5.91 Å². The molecule has 1 fully saturated rings. The van der Waals surface area contributed by atoms with Crippen molar-refractivity contribution in [3.05, 3.63) is 29.0 Å². The topological polar surface area (TPSA) is 79.4 Å². The lowest BCUT2D eigenvalue weighted by molar-refractivity contribution is -0.135. The second-order valence-electron chi connectivity index (χ2n) is 3.49. The standard InChI is InChI=1S/C10H8ClN3O3/c11-6-1-2-12-7(3-6)10(17)14-4-8(15)13-9(16)5-14/h1-3H,4-5H2,(H,13,15,16). The molecule has 0 bridgehead atoms. The van der Waals surface area contributed by atoms with E-state index in [4.69, 9.17) is 11.6 Å². The molecule has 0 spiro atoms. The highest BCUT2D eigenvalue weighted by atomic mass is 35.5. The van der Waals surface area contributed by atoms with Crippen molar-refractivity contribution in [2.45, 2.75) is 0 Å². The van der Waals surface area contributed by atoms with Gasteiger partial charge < -0.3 is 4.90 Å². The van der Waals surface area contributed by atoms with Gasteiger partial charge in [-0.05, 0) is 12.1 Å². The van der Waals surface area contributed by atoms with Crippen LogP contribution in [0.5, 0.6) is 0 Å². The number of hydrogen-bond donors (Lipinski definition) is 1. The summed E-state index contributed by atoms with van der Waals surface area (Å²) >= 11 is 5.73. The first-order valence-corrected chi connectivity index (χ1v) is 5.17. The maximum atomic E-state index is 11.9. The lowest BCUT2D eigenvalue weighted by atomic mass is 10.2. The smallest absolute Gasteiger partial charge is 0.273 e. The molecule has 0 aromatic carbocycles. The van der Waals surface area contributed by atoms with E-state index in [1.807, 2.05) is 0 Å². The monoisotopic (exact) mass is 253 g/mol. The minimum Gasteiger partial charge on any atom is -0.319 e. The predicted octanol–water partition coefficient (Wildman–Crippen LogP) is -0.166. The van der Waals surface area contributed by atoms with Crippen molar-refractivity contribution in [3.8, 4) is 0 Å². The Morgan fingerprint density at radius 1 is 1.35 bits per heavy atom. The highest BCUT2D eigenvalue weighted by Gasteiger charge is 2.27. The summed E-state index contributed by atoms with van der Waals surface area (Å²) in [6.07, 6.45) is 1.39. The maximum Gasteiger partial charge on any atom is 0.273 e. The van der Waals surface area contributed by atoms with Crippen LogP contribution in [0.15, 0.2) is 18.3 Å². The molecule has 0 unspecified atom stereocenters. The molecule has 0 saturated carbocycles. The summed E-state index contributed by atoms with van der Waals surface area (Å²) in [5, 5.41) is 2.48. The Morgan fingerprint density at radius 2 is 2.00 bits per heavy atom. The van der Waals surface area contributed by atoms with Gasteiger partial charge >= 0.3 is 0 Å². The molecule has 2 heterocycles. The van der Waals surface area contributed by atoms with Crippen LogP contribution in [0.3, 0.4) is 0 Å². The van der Waals surface area contributed by atoms with E-state index in [1.165, 1.54) is 18.3 Å². The number of pyridine rings is 1. The summed E-state index contributed by atoms with van der Waals surface area (Å²) in [7, 11) is 0. The lowest BCUT2D eigenvalue weighted by Crippen LogP contribution is -2.53. The van der Waals surface area contributed by atoms with Crippen molar-refractivity contribution in [1.82, 2.24) is 15.2 Å². The van der Waals surface area contributed by atoms with Crippen LogP contribution in [-0.4, -0.2) is 40.7 Å². The molecule has 17 heavy (non-hydrogen) atoms. The number of imide groups is 1.